The Labute approximate surface area is 141 Å². The van der Waals surface area contributed by atoms with Crippen molar-refractivity contribution in [3.05, 3.63) is 40.7 Å². The lowest BCUT2D eigenvalue weighted by Crippen LogP contribution is -2.39. The number of aromatic nitrogens is 3. The molecule has 1 aliphatic rings. The molecule has 3 rings (SSSR count). The Bertz CT molecular complexity index is 725. The summed E-state index contributed by atoms with van der Waals surface area (Å²) < 4.78 is 1.71. The van der Waals surface area contributed by atoms with Gasteiger partial charge in [0.05, 0.1) is 17.5 Å². The van der Waals surface area contributed by atoms with Gasteiger partial charge in [0, 0.05) is 6.04 Å². The molecule has 2 aromatic rings. The Balaban J connectivity index is 1.78. The predicted molar refractivity (Wildman–Crippen MR) is 91.3 cm³/mol. The van der Waals surface area contributed by atoms with Crippen LogP contribution in [-0.4, -0.2) is 38.2 Å². The summed E-state index contributed by atoms with van der Waals surface area (Å²) in [6.45, 7) is 5.93. The molecule has 0 unspecified atom stereocenters. The zero-order chi connectivity index (χ0) is 17.3. The molecule has 0 saturated heterocycles. The summed E-state index contributed by atoms with van der Waals surface area (Å²) in [6.07, 6.45) is 2.84. The number of carbonyl (C=O) groups is 1. The summed E-state index contributed by atoms with van der Waals surface area (Å²) in [6, 6.07) is 6.25. The van der Waals surface area contributed by atoms with Gasteiger partial charge in [-0.3, -0.25) is 4.79 Å². The third-order valence-electron chi connectivity index (χ3n) is 4.59. The van der Waals surface area contributed by atoms with E-state index in [4.69, 9.17) is 0 Å². The summed E-state index contributed by atoms with van der Waals surface area (Å²) in [4.78, 5) is 12.5. The first kappa shape index (κ1) is 16.6. The molecule has 2 N–H and O–H groups in total. The van der Waals surface area contributed by atoms with E-state index in [2.05, 4.69) is 21.7 Å². The van der Waals surface area contributed by atoms with Crippen LogP contribution in [0.5, 0.6) is 0 Å². The molecule has 0 atom stereocenters. The molecule has 6 heteroatoms. The van der Waals surface area contributed by atoms with Gasteiger partial charge in [0.25, 0.3) is 5.91 Å². The van der Waals surface area contributed by atoms with Crippen molar-refractivity contribution in [3.8, 4) is 5.69 Å². The molecular formula is C18H24N4O2. The lowest BCUT2D eigenvalue weighted by Gasteiger charge is -2.25. The summed E-state index contributed by atoms with van der Waals surface area (Å²) in [5.41, 5.74) is 4.30. The molecule has 1 heterocycles. The van der Waals surface area contributed by atoms with E-state index in [9.17, 15) is 9.90 Å². The molecule has 0 radical (unpaired) electrons. The first-order chi connectivity index (χ1) is 11.4. The van der Waals surface area contributed by atoms with Crippen LogP contribution in [0.1, 0.15) is 53.0 Å². The SMILES string of the molecule is Cc1cc(C)cc(-n2nnc(C(=O)NC3CCC(O)CC3)c2C)c1. The van der Waals surface area contributed by atoms with Crippen molar-refractivity contribution < 1.29 is 9.90 Å². The van der Waals surface area contributed by atoms with Crippen molar-refractivity contribution in [1.29, 1.82) is 0 Å². The van der Waals surface area contributed by atoms with E-state index in [0.29, 0.717) is 5.69 Å². The van der Waals surface area contributed by atoms with Gasteiger partial charge in [-0.05, 0) is 69.7 Å². The zero-order valence-electron chi connectivity index (χ0n) is 14.4. The summed E-state index contributed by atoms with van der Waals surface area (Å²) >= 11 is 0. The smallest absolute Gasteiger partial charge is 0.273 e. The predicted octanol–water partition coefficient (Wildman–Crippen LogP) is 2.23. The van der Waals surface area contributed by atoms with Crippen LogP contribution in [0, 0.1) is 20.8 Å². The van der Waals surface area contributed by atoms with Gasteiger partial charge in [0.2, 0.25) is 0 Å². The highest BCUT2D eigenvalue weighted by Crippen LogP contribution is 2.20. The van der Waals surface area contributed by atoms with E-state index in [0.717, 1.165) is 48.2 Å². The van der Waals surface area contributed by atoms with Crippen molar-refractivity contribution in [2.45, 2.75) is 58.6 Å². The van der Waals surface area contributed by atoms with Crippen LogP contribution in [-0.2, 0) is 0 Å². The number of rotatable bonds is 3. The number of benzene rings is 1. The van der Waals surface area contributed by atoms with Crippen LogP contribution >= 0.6 is 0 Å². The number of hydrogen-bond donors (Lipinski definition) is 2. The van der Waals surface area contributed by atoms with Crippen LogP contribution in [0.15, 0.2) is 18.2 Å². The summed E-state index contributed by atoms with van der Waals surface area (Å²) in [5, 5.41) is 20.8. The fourth-order valence-electron chi connectivity index (χ4n) is 3.33. The molecule has 1 aromatic heterocycles. The van der Waals surface area contributed by atoms with Gasteiger partial charge in [-0.15, -0.1) is 5.10 Å². The number of aliphatic hydroxyl groups is 1. The van der Waals surface area contributed by atoms with Gasteiger partial charge in [-0.2, -0.15) is 0 Å². The van der Waals surface area contributed by atoms with Gasteiger partial charge < -0.3 is 10.4 Å². The lowest BCUT2D eigenvalue weighted by molar-refractivity contribution is 0.0862. The van der Waals surface area contributed by atoms with Crippen LogP contribution in [0.2, 0.25) is 0 Å². The second-order valence-electron chi connectivity index (χ2n) is 6.76. The molecule has 1 saturated carbocycles. The van der Waals surface area contributed by atoms with Gasteiger partial charge in [-0.25, -0.2) is 4.68 Å². The molecule has 1 amide bonds. The first-order valence-electron chi connectivity index (χ1n) is 8.44. The monoisotopic (exact) mass is 328 g/mol. The van der Waals surface area contributed by atoms with Crippen LogP contribution < -0.4 is 5.32 Å². The van der Waals surface area contributed by atoms with E-state index in [-0.39, 0.29) is 18.1 Å². The zero-order valence-corrected chi connectivity index (χ0v) is 14.4. The molecule has 0 bridgehead atoms. The highest BCUT2D eigenvalue weighted by Gasteiger charge is 2.24. The minimum atomic E-state index is -0.231. The van der Waals surface area contributed by atoms with E-state index in [1.807, 2.05) is 32.9 Å². The third kappa shape index (κ3) is 3.48. The van der Waals surface area contributed by atoms with Crippen LogP contribution in [0.25, 0.3) is 5.69 Å². The Hall–Kier alpha value is -2.21. The maximum Gasteiger partial charge on any atom is 0.273 e. The van der Waals surface area contributed by atoms with Gasteiger partial charge in [0.15, 0.2) is 5.69 Å². The molecule has 0 aliphatic heterocycles. The van der Waals surface area contributed by atoms with E-state index in [1.165, 1.54) is 0 Å². The second-order valence-corrected chi connectivity index (χ2v) is 6.76. The molecule has 128 valence electrons. The summed E-state index contributed by atoms with van der Waals surface area (Å²) in [7, 11) is 0. The Morgan fingerprint density at radius 2 is 1.75 bits per heavy atom. The van der Waals surface area contributed by atoms with Crippen molar-refractivity contribution in [2.75, 3.05) is 0 Å². The number of carbonyl (C=O) groups excluding carboxylic acids is 1. The number of nitrogens with one attached hydrogen (secondary N) is 1. The number of aryl methyl sites for hydroxylation is 2. The number of amides is 1. The van der Waals surface area contributed by atoms with Gasteiger partial charge in [0.1, 0.15) is 0 Å². The number of hydrogen-bond acceptors (Lipinski definition) is 4. The molecule has 1 aromatic carbocycles. The Kier molecular flexibility index (Phi) is 4.66. The third-order valence-corrected chi connectivity index (χ3v) is 4.59. The molecule has 1 fully saturated rings. The number of nitrogens with zero attached hydrogens (tertiary/aromatic N) is 3. The van der Waals surface area contributed by atoms with E-state index in [1.54, 1.807) is 4.68 Å². The second kappa shape index (κ2) is 6.73. The first-order valence-corrected chi connectivity index (χ1v) is 8.44. The standard InChI is InChI=1S/C18H24N4O2/c1-11-8-12(2)10-15(9-11)22-13(3)17(20-21-22)18(24)19-14-4-6-16(23)7-5-14/h8-10,14,16,23H,4-7H2,1-3H3,(H,19,24). The normalized spacial score (nSPS) is 20.8. The topological polar surface area (TPSA) is 80.0 Å². The Morgan fingerprint density at radius 1 is 1.12 bits per heavy atom. The largest absolute Gasteiger partial charge is 0.393 e. The number of aliphatic hydroxyl groups excluding tert-OH is 1. The molecule has 0 spiro atoms. The van der Waals surface area contributed by atoms with Gasteiger partial charge >= 0.3 is 0 Å². The molecular weight excluding hydrogens is 304 g/mol. The minimum absolute atomic E-state index is 0.103. The van der Waals surface area contributed by atoms with Crippen molar-refractivity contribution in [2.24, 2.45) is 0 Å². The van der Waals surface area contributed by atoms with Gasteiger partial charge in [-0.1, -0.05) is 11.3 Å². The van der Waals surface area contributed by atoms with Crippen LogP contribution in [0.3, 0.4) is 0 Å². The van der Waals surface area contributed by atoms with Crippen molar-refractivity contribution >= 4 is 5.91 Å². The summed E-state index contributed by atoms with van der Waals surface area (Å²) in [5.74, 6) is -0.190. The van der Waals surface area contributed by atoms with Crippen molar-refractivity contribution in [3.63, 3.8) is 0 Å². The average Bonchev–Trinajstić information content (AvgIpc) is 2.90. The fraction of sp³-hybridized carbons (Fsp3) is 0.500. The Morgan fingerprint density at radius 3 is 2.38 bits per heavy atom. The molecule has 24 heavy (non-hydrogen) atoms. The molecule has 6 nitrogen and oxygen atoms in total. The molecule has 1 aliphatic carbocycles. The van der Waals surface area contributed by atoms with Crippen LogP contribution in [0.4, 0.5) is 0 Å². The maximum absolute atomic E-state index is 12.5. The quantitative estimate of drug-likeness (QED) is 0.905. The fourth-order valence-corrected chi connectivity index (χ4v) is 3.33. The highest BCUT2D eigenvalue weighted by atomic mass is 16.3. The average molecular weight is 328 g/mol. The van der Waals surface area contributed by atoms with E-state index >= 15 is 0 Å². The lowest BCUT2D eigenvalue weighted by atomic mass is 9.93. The minimum Gasteiger partial charge on any atom is -0.393 e. The van der Waals surface area contributed by atoms with Crippen molar-refractivity contribution in [1.82, 2.24) is 20.3 Å². The van der Waals surface area contributed by atoms with E-state index < -0.39 is 0 Å². The highest BCUT2D eigenvalue weighted by molar-refractivity contribution is 5.93. The maximum atomic E-state index is 12.5.